The lowest BCUT2D eigenvalue weighted by Crippen LogP contribution is -2.45. The molecule has 0 aromatic rings. The molecule has 0 heterocycles. The summed E-state index contributed by atoms with van der Waals surface area (Å²) in [5.74, 6) is -0.195. The van der Waals surface area contributed by atoms with Gasteiger partial charge in [-0.25, -0.2) is 0 Å². The molecule has 0 aromatic carbocycles. The van der Waals surface area contributed by atoms with Gasteiger partial charge in [0.2, 0.25) is 5.91 Å². The van der Waals surface area contributed by atoms with Crippen LogP contribution in [0, 0.1) is 0 Å². The van der Waals surface area contributed by atoms with E-state index >= 15 is 0 Å². The highest BCUT2D eigenvalue weighted by molar-refractivity contribution is 7.45. The third kappa shape index (κ3) is 58.5. The SMILES string of the molecule is CCCCCCCC/C=C\CCCCCCCCCCCC(=O)NC(COP(=O)([O-])OCC[N+](C)(C)C)C(O)/C=C/CCCCCCCCCCCCCCCCCCCCCCCCCCCCCCCC. The van der Waals surface area contributed by atoms with Gasteiger partial charge in [0, 0.05) is 6.42 Å². The first kappa shape index (κ1) is 72.0. The van der Waals surface area contributed by atoms with Crippen LogP contribution in [0.4, 0.5) is 0 Å². The lowest BCUT2D eigenvalue weighted by atomic mass is 10.0. The number of allylic oxidation sites excluding steroid dienone is 3. The molecule has 0 radical (unpaired) electrons. The Morgan fingerprint density at radius 3 is 1.07 bits per heavy atom. The summed E-state index contributed by atoms with van der Waals surface area (Å²) in [5.41, 5.74) is 0. The van der Waals surface area contributed by atoms with Crippen molar-refractivity contribution >= 4 is 13.7 Å². The lowest BCUT2D eigenvalue weighted by Gasteiger charge is -2.29. The van der Waals surface area contributed by atoms with E-state index in [9.17, 15) is 19.4 Å². The van der Waals surface area contributed by atoms with Crippen LogP contribution in [0.15, 0.2) is 24.3 Å². The quantitative estimate of drug-likeness (QED) is 0.0272. The molecule has 0 aliphatic carbocycles. The molecule has 3 unspecified atom stereocenters. The van der Waals surface area contributed by atoms with Gasteiger partial charge in [-0.05, 0) is 44.9 Å². The molecule has 8 nitrogen and oxygen atoms in total. The van der Waals surface area contributed by atoms with Crippen molar-refractivity contribution < 1.29 is 32.9 Å². The van der Waals surface area contributed by atoms with Crippen molar-refractivity contribution in [1.29, 1.82) is 0 Å². The number of phosphoric acid groups is 1. The van der Waals surface area contributed by atoms with E-state index in [1.54, 1.807) is 6.08 Å². The monoisotopic (exact) mass is 1050 g/mol. The zero-order valence-corrected chi connectivity index (χ0v) is 50.5. The molecule has 0 aliphatic rings. The fourth-order valence-electron chi connectivity index (χ4n) is 9.86. The maximum atomic E-state index is 13.0. The minimum absolute atomic E-state index is 0.000454. The third-order valence-corrected chi connectivity index (χ3v) is 15.9. The van der Waals surface area contributed by atoms with E-state index in [1.165, 1.54) is 270 Å². The number of carbonyl (C=O) groups is 1. The number of quaternary nitrogens is 1. The highest BCUT2D eigenvalue weighted by Crippen LogP contribution is 2.38. The Morgan fingerprint density at radius 1 is 0.466 bits per heavy atom. The van der Waals surface area contributed by atoms with Gasteiger partial charge in [0.05, 0.1) is 39.9 Å². The molecule has 0 aromatic heterocycles. The number of nitrogens with zero attached hydrogens (tertiary/aromatic N) is 1. The van der Waals surface area contributed by atoms with Crippen LogP contribution in [0.1, 0.15) is 328 Å². The van der Waals surface area contributed by atoms with E-state index < -0.39 is 20.0 Å². The largest absolute Gasteiger partial charge is 0.756 e. The molecule has 1 amide bonds. The molecule has 3 atom stereocenters. The van der Waals surface area contributed by atoms with E-state index in [1.807, 2.05) is 27.2 Å². The zero-order valence-electron chi connectivity index (χ0n) is 49.6. The highest BCUT2D eigenvalue weighted by atomic mass is 31.2. The van der Waals surface area contributed by atoms with Crippen LogP contribution in [0.2, 0.25) is 0 Å². The third-order valence-electron chi connectivity index (χ3n) is 14.9. The first-order valence-corrected chi connectivity index (χ1v) is 33.7. The first-order chi connectivity index (χ1) is 35.5. The average Bonchev–Trinajstić information content (AvgIpc) is 3.35. The summed E-state index contributed by atoms with van der Waals surface area (Å²) in [7, 11) is 1.27. The molecular formula is C64H127N2O6P. The molecule has 2 N–H and O–H groups in total. The molecule has 434 valence electrons. The summed E-state index contributed by atoms with van der Waals surface area (Å²) < 4.78 is 23.4. The fraction of sp³-hybridized carbons (Fsp3) is 0.922. The summed E-state index contributed by atoms with van der Waals surface area (Å²) >= 11 is 0. The minimum atomic E-state index is -4.60. The maximum absolute atomic E-state index is 13.0. The number of hydrogen-bond acceptors (Lipinski definition) is 6. The number of aliphatic hydroxyl groups is 1. The second kappa shape index (κ2) is 55.7. The van der Waals surface area contributed by atoms with Crippen molar-refractivity contribution in [3.8, 4) is 0 Å². The number of amides is 1. The molecule has 73 heavy (non-hydrogen) atoms. The summed E-state index contributed by atoms with van der Waals surface area (Å²) in [6.45, 7) is 4.69. The Hall–Kier alpha value is -1.02. The summed E-state index contributed by atoms with van der Waals surface area (Å²) in [5, 5.41) is 13.9. The van der Waals surface area contributed by atoms with Crippen molar-refractivity contribution in [2.24, 2.45) is 0 Å². The molecular weight excluding hydrogens is 924 g/mol. The smallest absolute Gasteiger partial charge is 0.268 e. The van der Waals surface area contributed by atoms with Crippen molar-refractivity contribution in [3.05, 3.63) is 24.3 Å². The topological polar surface area (TPSA) is 108 Å². The van der Waals surface area contributed by atoms with Gasteiger partial charge in [-0.3, -0.25) is 9.36 Å². The molecule has 0 fully saturated rings. The van der Waals surface area contributed by atoms with Crippen LogP contribution in [-0.4, -0.2) is 68.5 Å². The van der Waals surface area contributed by atoms with Crippen LogP contribution in [0.3, 0.4) is 0 Å². The molecule has 0 bridgehead atoms. The predicted octanol–water partition coefficient (Wildman–Crippen LogP) is 19.3. The molecule has 0 spiro atoms. The standard InChI is InChI=1S/C64H127N2O6P/c1-6-8-10-12-14-16-18-20-22-24-26-27-28-29-30-31-32-33-34-35-36-37-38-40-41-43-45-47-49-51-53-55-57-63(67)62(61-72-73(69,70)71-60-59-66(3,4)5)65-64(68)58-56-54-52-50-48-46-44-42-39-25-23-21-19-17-15-13-11-9-7-2/h21,23,55,57,62-63,67H,6-20,22,24-54,56,58-61H2,1-5H3,(H-,65,68,69,70)/b23-21-,57-55+. The van der Waals surface area contributed by atoms with Crippen LogP contribution < -0.4 is 10.2 Å². The average molecular weight is 1050 g/mol. The van der Waals surface area contributed by atoms with Crippen molar-refractivity contribution in [3.63, 3.8) is 0 Å². The molecule has 0 aliphatic heterocycles. The number of nitrogens with one attached hydrogen (secondary N) is 1. The second-order valence-corrected chi connectivity index (χ2v) is 24.9. The van der Waals surface area contributed by atoms with Gasteiger partial charge >= 0.3 is 0 Å². The van der Waals surface area contributed by atoms with E-state index in [2.05, 4.69) is 31.3 Å². The normalized spacial score (nSPS) is 13.9. The van der Waals surface area contributed by atoms with Gasteiger partial charge in [-0.15, -0.1) is 0 Å². The van der Waals surface area contributed by atoms with E-state index in [0.29, 0.717) is 17.4 Å². The second-order valence-electron chi connectivity index (χ2n) is 23.5. The fourth-order valence-corrected chi connectivity index (χ4v) is 10.6. The van der Waals surface area contributed by atoms with Crippen LogP contribution in [0.25, 0.3) is 0 Å². The number of carbonyl (C=O) groups excluding carboxylic acids is 1. The Morgan fingerprint density at radius 2 is 0.753 bits per heavy atom. The van der Waals surface area contributed by atoms with Crippen LogP contribution >= 0.6 is 7.82 Å². The molecule has 9 heteroatoms. The van der Waals surface area contributed by atoms with Crippen LogP contribution in [0.5, 0.6) is 0 Å². The summed E-state index contributed by atoms with van der Waals surface area (Å²) in [4.78, 5) is 25.5. The van der Waals surface area contributed by atoms with Gasteiger partial charge < -0.3 is 28.8 Å². The van der Waals surface area contributed by atoms with Gasteiger partial charge in [0.1, 0.15) is 13.2 Å². The van der Waals surface area contributed by atoms with Crippen molar-refractivity contribution in [2.75, 3.05) is 40.9 Å². The van der Waals surface area contributed by atoms with Crippen molar-refractivity contribution in [1.82, 2.24) is 5.32 Å². The summed E-state index contributed by atoms with van der Waals surface area (Å²) in [6.07, 6.45) is 71.4. The van der Waals surface area contributed by atoms with E-state index in [-0.39, 0.29) is 19.1 Å². The van der Waals surface area contributed by atoms with Gasteiger partial charge in [-0.2, -0.15) is 0 Å². The number of likely N-dealkylation sites (N-methyl/N-ethyl adjacent to an activating group) is 1. The maximum Gasteiger partial charge on any atom is 0.268 e. The Kier molecular flexibility index (Phi) is 54.9. The Bertz CT molecular complexity index is 1240. The van der Waals surface area contributed by atoms with Crippen molar-refractivity contribution in [2.45, 2.75) is 341 Å². The molecule has 0 rings (SSSR count). The number of phosphoric ester groups is 1. The number of aliphatic hydroxyl groups excluding tert-OH is 1. The molecule has 0 saturated heterocycles. The summed E-state index contributed by atoms with van der Waals surface area (Å²) in [6, 6.07) is -0.887. The van der Waals surface area contributed by atoms with Gasteiger partial charge in [0.25, 0.3) is 7.82 Å². The zero-order chi connectivity index (χ0) is 53.5. The highest BCUT2D eigenvalue weighted by Gasteiger charge is 2.23. The molecule has 0 saturated carbocycles. The number of unbranched alkanes of at least 4 members (excludes halogenated alkanes) is 45. The Labute approximate surface area is 455 Å². The number of rotatable bonds is 60. The van der Waals surface area contributed by atoms with Gasteiger partial charge in [0.15, 0.2) is 0 Å². The van der Waals surface area contributed by atoms with Crippen LogP contribution in [-0.2, 0) is 18.4 Å². The predicted molar refractivity (Wildman–Crippen MR) is 316 cm³/mol. The lowest BCUT2D eigenvalue weighted by molar-refractivity contribution is -0.870. The number of hydrogen-bond donors (Lipinski definition) is 2. The Balaban J connectivity index is 4.06. The van der Waals surface area contributed by atoms with Gasteiger partial charge in [-0.1, -0.05) is 301 Å². The van der Waals surface area contributed by atoms with E-state index in [4.69, 9.17) is 9.05 Å². The van der Waals surface area contributed by atoms with E-state index in [0.717, 1.165) is 38.5 Å². The first-order valence-electron chi connectivity index (χ1n) is 32.2. The minimum Gasteiger partial charge on any atom is -0.756 e.